The molecule has 0 radical (unpaired) electrons. The molecule has 0 fully saturated rings. The number of nitrogens with one attached hydrogen (secondary N) is 1. The van der Waals surface area contributed by atoms with E-state index in [2.05, 4.69) is 4.72 Å². The van der Waals surface area contributed by atoms with Gasteiger partial charge in [-0.2, -0.15) is 0 Å². The number of thiophene rings is 1. The number of rotatable bonds is 6. The molecule has 104 valence electrons. The van der Waals surface area contributed by atoms with Crippen LogP contribution in [0.25, 0.3) is 0 Å². The molecule has 0 aliphatic rings. The molecule has 0 amide bonds. The second kappa shape index (κ2) is 6.06. The van der Waals surface area contributed by atoms with Crippen LogP contribution in [-0.2, 0) is 10.0 Å². The average Bonchev–Trinajstić information content (AvgIpc) is 2.99. The summed E-state index contributed by atoms with van der Waals surface area (Å²) in [7, 11) is -3.56. The van der Waals surface area contributed by atoms with Gasteiger partial charge in [-0.05, 0) is 30.7 Å². The zero-order valence-corrected chi connectivity index (χ0v) is 12.1. The van der Waals surface area contributed by atoms with Gasteiger partial charge in [-0.3, -0.25) is 0 Å². The van der Waals surface area contributed by atoms with Crippen LogP contribution in [0.3, 0.4) is 0 Å². The average molecular weight is 322 g/mol. The monoisotopic (exact) mass is 321 g/mol. The molecule has 1 atom stereocenters. The van der Waals surface area contributed by atoms with Gasteiger partial charge in [0.2, 0.25) is 10.0 Å². The van der Waals surface area contributed by atoms with Crippen molar-refractivity contribution < 1.29 is 17.9 Å². The Kier molecular flexibility index (Phi) is 4.64. The van der Waals surface area contributed by atoms with Crippen molar-refractivity contribution in [3.8, 4) is 0 Å². The minimum Gasteiger partial charge on any atom is -0.467 e. The van der Waals surface area contributed by atoms with E-state index in [9.17, 15) is 13.5 Å². The first-order valence-electron chi connectivity index (χ1n) is 5.45. The summed E-state index contributed by atoms with van der Waals surface area (Å²) >= 11 is 6.68. The fraction of sp³-hybridized carbons (Fsp3) is 0.273. The van der Waals surface area contributed by atoms with Gasteiger partial charge in [0, 0.05) is 6.54 Å². The van der Waals surface area contributed by atoms with E-state index in [-0.39, 0.29) is 17.2 Å². The van der Waals surface area contributed by atoms with Gasteiger partial charge in [0.05, 0.1) is 10.6 Å². The molecule has 1 unspecified atom stereocenters. The van der Waals surface area contributed by atoms with Crippen LogP contribution in [0.4, 0.5) is 0 Å². The van der Waals surface area contributed by atoms with Crippen LogP contribution >= 0.6 is 22.9 Å². The standard InChI is InChI=1S/C11H12ClNO4S2/c12-10-3-4-11(18-10)19(15,16)13-6-5-8(14)9-2-1-7-17-9/h1-4,7-8,13-14H,5-6H2. The van der Waals surface area contributed by atoms with Crippen LogP contribution < -0.4 is 4.72 Å². The Bertz CT molecular complexity index is 621. The molecule has 2 aromatic heterocycles. The molecule has 2 aromatic rings. The summed E-state index contributed by atoms with van der Waals surface area (Å²) in [6, 6.07) is 6.27. The fourth-order valence-electron chi connectivity index (χ4n) is 1.47. The summed E-state index contributed by atoms with van der Waals surface area (Å²) < 4.78 is 31.7. The maximum Gasteiger partial charge on any atom is 0.250 e. The van der Waals surface area contributed by atoms with Crippen LogP contribution in [0.1, 0.15) is 18.3 Å². The fourth-order valence-corrected chi connectivity index (χ4v) is 4.04. The Morgan fingerprint density at radius 2 is 2.21 bits per heavy atom. The zero-order valence-electron chi connectivity index (χ0n) is 9.74. The molecule has 0 bridgehead atoms. The third kappa shape index (κ3) is 3.80. The third-order valence-corrected chi connectivity index (χ3v) is 5.58. The van der Waals surface area contributed by atoms with E-state index in [1.165, 1.54) is 18.4 Å². The molecule has 8 heteroatoms. The number of aliphatic hydroxyl groups excluding tert-OH is 1. The quantitative estimate of drug-likeness (QED) is 0.856. The molecule has 0 aliphatic heterocycles. The molecule has 2 rings (SSSR count). The number of sulfonamides is 1. The highest BCUT2D eigenvalue weighted by Crippen LogP contribution is 2.25. The van der Waals surface area contributed by atoms with Gasteiger partial charge >= 0.3 is 0 Å². The maximum atomic E-state index is 11.8. The summed E-state index contributed by atoms with van der Waals surface area (Å²) in [5, 5.41) is 9.73. The van der Waals surface area contributed by atoms with E-state index in [1.807, 2.05) is 0 Å². The van der Waals surface area contributed by atoms with E-state index in [4.69, 9.17) is 16.0 Å². The Labute approximate surface area is 119 Å². The molecular weight excluding hydrogens is 310 g/mol. The second-order valence-corrected chi connectivity index (χ2v) is 7.49. The van der Waals surface area contributed by atoms with Gasteiger partial charge in [0.25, 0.3) is 0 Å². The topological polar surface area (TPSA) is 79.5 Å². The van der Waals surface area contributed by atoms with Crippen molar-refractivity contribution in [2.75, 3.05) is 6.54 Å². The lowest BCUT2D eigenvalue weighted by Gasteiger charge is -2.08. The van der Waals surface area contributed by atoms with Crippen molar-refractivity contribution in [3.63, 3.8) is 0 Å². The van der Waals surface area contributed by atoms with E-state index < -0.39 is 16.1 Å². The summed E-state index contributed by atoms with van der Waals surface area (Å²) in [4.78, 5) is 0. The third-order valence-electron chi connectivity index (χ3n) is 2.39. The van der Waals surface area contributed by atoms with Crippen molar-refractivity contribution in [3.05, 3.63) is 40.6 Å². The Balaban J connectivity index is 1.89. The van der Waals surface area contributed by atoms with Gasteiger partial charge < -0.3 is 9.52 Å². The second-order valence-electron chi connectivity index (χ2n) is 3.78. The molecule has 0 saturated carbocycles. The van der Waals surface area contributed by atoms with E-state index >= 15 is 0 Å². The molecule has 0 aromatic carbocycles. The molecule has 2 N–H and O–H groups in total. The van der Waals surface area contributed by atoms with Crippen LogP contribution in [0.2, 0.25) is 4.34 Å². The number of hydrogen-bond acceptors (Lipinski definition) is 5. The first kappa shape index (κ1) is 14.5. The smallest absolute Gasteiger partial charge is 0.250 e. The Hall–Kier alpha value is -0.860. The molecule has 19 heavy (non-hydrogen) atoms. The SMILES string of the molecule is O=S(=O)(NCCC(O)c1ccco1)c1ccc(Cl)s1. The molecule has 0 saturated heterocycles. The Morgan fingerprint density at radius 1 is 1.42 bits per heavy atom. The lowest BCUT2D eigenvalue weighted by Crippen LogP contribution is -2.25. The van der Waals surface area contributed by atoms with Crippen LogP contribution in [0.5, 0.6) is 0 Å². The molecule has 5 nitrogen and oxygen atoms in total. The largest absolute Gasteiger partial charge is 0.467 e. The molecular formula is C11H12ClNO4S2. The highest BCUT2D eigenvalue weighted by molar-refractivity contribution is 7.91. The van der Waals surface area contributed by atoms with E-state index in [0.29, 0.717) is 10.1 Å². The minimum atomic E-state index is -3.56. The minimum absolute atomic E-state index is 0.111. The lowest BCUT2D eigenvalue weighted by atomic mass is 10.2. The van der Waals surface area contributed by atoms with Crippen molar-refractivity contribution >= 4 is 33.0 Å². The first-order valence-corrected chi connectivity index (χ1v) is 8.13. The van der Waals surface area contributed by atoms with Gasteiger partial charge in [-0.15, -0.1) is 11.3 Å². The number of hydrogen-bond donors (Lipinski definition) is 2. The van der Waals surface area contributed by atoms with Crippen molar-refractivity contribution in [1.29, 1.82) is 0 Å². The van der Waals surface area contributed by atoms with Crippen molar-refractivity contribution in [2.45, 2.75) is 16.7 Å². The van der Waals surface area contributed by atoms with E-state index in [0.717, 1.165) is 11.3 Å². The first-order chi connectivity index (χ1) is 8.99. The van der Waals surface area contributed by atoms with Crippen LogP contribution in [0, 0.1) is 0 Å². The normalized spacial score (nSPS) is 13.6. The predicted molar refractivity (Wildman–Crippen MR) is 72.8 cm³/mol. The number of halogens is 1. The molecule has 0 aliphatic carbocycles. The van der Waals surface area contributed by atoms with Gasteiger partial charge in [-0.1, -0.05) is 11.6 Å². The summed E-state index contributed by atoms with van der Waals surface area (Å²) in [6.45, 7) is 0.111. The molecule has 0 spiro atoms. The highest BCUT2D eigenvalue weighted by Gasteiger charge is 2.17. The highest BCUT2D eigenvalue weighted by atomic mass is 35.5. The van der Waals surface area contributed by atoms with Crippen molar-refractivity contribution in [1.82, 2.24) is 4.72 Å². The van der Waals surface area contributed by atoms with Crippen LogP contribution in [-0.4, -0.2) is 20.1 Å². The van der Waals surface area contributed by atoms with Gasteiger partial charge in [-0.25, -0.2) is 13.1 Å². The maximum absolute atomic E-state index is 11.8. The van der Waals surface area contributed by atoms with Gasteiger partial charge in [0.15, 0.2) is 0 Å². The van der Waals surface area contributed by atoms with E-state index in [1.54, 1.807) is 12.1 Å². The van der Waals surface area contributed by atoms with Gasteiger partial charge in [0.1, 0.15) is 16.1 Å². The lowest BCUT2D eigenvalue weighted by molar-refractivity contribution is 0.142. The number of aliphatic hydroxyl groups is 1. The zero-order chi connectivity index (χ0) is 13.9. The van der Waals surface area contributed by atoms with Crippen LogP contribution in [0.15, 0.2) is 39.2 Å². The molecule has 2 heterocycles. The summed E-state index contributed by atoms with van der Waals surface area (Å²) in [6.07, 6.45) is 0.854. The van der Waals surface area contributed by atoms with Crippen molar-refractivity contribution in [2.24, 2.45) is 0 Å². The summed E-state index contributed by atoms with van der Waals surface area (Å²) in [5.41, 5.74) is 0. The summed E-state index contributed by atoms with van der Waals surface area (Å²) in [5.74, 6) is 0.415. The predicted octanol–water partition coefficient (Wildman–Crippen LogP) is 2.40. The Morgan fingerprint density at radius 3 is 2.79 bits per heavy atom. The number of furan rings is 1.